The number of halogens is 3. The number of nitrogens with one attached hydrogen (secondary N) is 2. The van der Waals surface area contributed by atoms with E-state index in [0.29, 0.717) is 35.6 Å². The molecule has 4 rings (SSSR count). The summed E-state index contributed by atoms with van der Waals surface area (Å²) in [7, 11) is 0. The molecule has 0 bridgehead atoms. The Hall–Kier alpha value is -4.20. The first-order valence-corrected chi connectivity index (χ1v) is 11.3. The molecule has 1 aromatic carbocycles. The molecule has 8 nitrogen and oxygen atoms in total. The van der Waals surface area contributed by atoms with Gasteiger partial charge in [0.2, 0.25) is 5.91 Å². The number of amides is 1. The molecule has 2 aromatic heterocycles. The minimum Gasteiger partial charge on any atom is -0.363 e. The van der Waals surface area contributed by atoms with Crippen LogP contribution in [0.4, 0.5) is 19.0 Å². The number of aromatic nitrogens is 3. The summed E-state index contributed by atoms with van der Waals surface area (Å²) >= 11 is 0. The quantitative estimate of drug-likeness (QED) is 0.523. The van der Waals surface area contributed by atoms with E-state index in [-0.39, 0.29) is 35.6 Å². The van der Waals surface area contributed by atoms with Crippen LogP contribution < -0.4 is 10.9 Å². The number of benzene rings is 1. The number of nitrogens with zero attached hydrogens (tertiary/aromatic N) is 4. The Kier molecular flexibility index (Phi) is 7.05. The van der Waals surface area contributed by atoms with E-state index in [9.17, 15) is 22.8 Å². The lowest BCUT2D eigenvalue weighted by Crippen LogP contribution is -2.34. The molecule has 0 aliphatic carbocycles. The van der Waals surface area contributed by atoms with Gasteiger partial charge in [-0.3, -0.25) is 9.59 Å². The van der Waals surface area contributed by atoms with Crippen LogP contribution in [0, 0.1) is 24.1 Å². The molecule has 1 aliphatic heterocycles. The van der Waals surface area contributed by atoms with Crippen LogP contribution in [0.25, 0.3) is 16.6 Å². The van der Waals surface area contributed by atoms with Gasteiger partial charge in [-0.05, 0) is 31.9 Å². The summed E-state index contributed by atoms with van der Waals surface area (Å²) < 4.78 is 41.1. The number of hydrogen-bond donors (Lipinski definition) is 2. The van der Waals surface area contributed by atoms with E-state index < -0.39 is 23.8 Å². The van der Waals surface area contributed by atoms with Gasteiger partial charge in [0.1, 0.15) is 29.5 Å². The monoisotopic (exact) mass is 496 g/mol. The average Bonchev–Trinajstić information content (AvgIpc) is 2.83. The fourth-order valence-electron chi connectivity index (χ4n) is 4.22. The smallest absolute Gasteiger partial charge is 0.266 e. The molecule has 2 N–H and O–H groups in total. The molecule has 1 amide bonds. The van der Waals surface area contributed by atoms with Gasteiger partial charge in [-0.25, -0.2) is 23.1 Å². The van der Waals surface area contributed by atoms with Crippen molar-refractivity contribution in [2.75, 3.05) is 18.4 Å². The van der Waals surface area contributed by atoms with Crippen LogP contribution in [0.15, 0.2) is 35.1 Å². The van der Waals surface area contributed by atoms with E-state index in [1.54, 1.807) is 30.9 Å². The van der Waals surface area contributed by atoms with Crippen LogP contribution in [0.5, 0.6) is 0 Å². The largest absolute Gasteiger partial charge is 0.363 e. The van der Waals surface area contributed by atoms with Gasteiger partial charge in [0.05, 0.1) is 23.1 Å². The second-order valence-electron chi connectivity index (χ2n) is 8.47. The van der Waals surface area contributed by atoms with E-state index in [2.05, 4.69) is 20.3 Å². The minimum absolute atomic E-state index is 0.0546. The highest BCUT2D eigenvalue weighted by Gasteiger charge is 2.22. The summed E-state index contributed by atoms with van der Waals surface area (Å²) in [5.41, 5.74) is 0.397. The van der Waals surface area contributed by atoms with Gasteiger partial charge in [-0.2, -0.15) is 5.26 Å². The number of alkyl halides is 2. The molecule has 0 saturated heterocycles. The average molecular weight is 496 g/mol. The van der Waals surface area contributed by atoms with Gasteiger partial charge in [0, 0.05) is 24.2 Å². The molecule has 3 heterocycles. The number of pyridine rings is 1. The lowest BCUT2D eigenvalue weighted by molar-refractivity contribution is -0.129. The van der Waals surface area contributed by atoms with Crippen LogP contribution in [-0.4, -0.2) is 38.8 Å². The summed E-state index contributed by atoms with van der Waals surface area (Å²) in [6.07, 6.45) is -0.958. The number of anilines is 1. The van der Waals surface area contributed by atoms with Crippen LogP contribution in [0.2, 0.25) is 0 Å². The number of rotatable bonds is 6. The Balaban J connectivity index is 1.70. The highest BCUT2D eigenvalue weighted by molar-refractivity contribution is 5.89. The van der Waals surface area contributed by atoms with Crippen molar-refractivity contribution in [3.05, 3.63) is 69.0 Å². The molecule has 0 fully saturated rings. The molecule has 3 aromatic rings. The Bertz CT molecular complexity index is 1460. The molecule has 1 unspecified atom stereocenters. The van der Waals surface area contributed by atoms with Gasteiger partial charge in [0.25, 0.3) is 12.0 Å². The number of carbonyl (C=O) groups is 1. The zero-order chi connectivity index (χ0) is 26.0. The third-order valence-electron chi connectivity index (χ3n) is 6.07. The van der Waals surface area contributed by atoms with Gasteiger partial charge in [0.15, 0.2) is 0 Å². The molecular weight excluding hydrogens is 473 g/mol. The van der Waals surface area contributed by atoms with Gasteiger partial charge < -0.3 is 15.2 Å². The normalized spacial score (nSPS) is 14.5. The maximum atomic E-state index is 14.7. The van der Waals surface area contributed by atoms with Crippen molar-refractivity contribution in [3.63, 3.8) is 0 Å². The zero-order valence-corrected chi connectivity index (χ0v) is 19.6. The summed E-state index contributed by atoms with van der Waals surface area (Å²) in [4.78, 5) is 37.8. The van der Waals surface area contributed by atoms with Gasteiger partial charge in [-0.1, -0.05) is 24.3 Å². The number of aromatic amines is 1. The Morgan fingerprint density at radius 2 is 2.06 bits per heavy atom. The molecule has 0 spiro atoms. The fourth-order valence-corrected chi connectivity index (χ4v) is 4.22. The second-order valence-corrected chi connectivity index (χ2v) is 8.47. The Morgan fingerprint density at radius 3 is 2.72 bits per heavy atom. The van der Waals surface area contributed by atoms with Crippen molar-refractivity contribution < 1.29 is 18.0 Å². The number of nitriles is 1. The van der Waals surface area contributed by atoms with E-state index in [4.69, 9.17) is 5.26 Å². The second kappa shape index (κ2) is 10.2. The lowest BCUT2D eigenvalue weighted by atomic mass is 9.99. The van der Waals surface area contributed by atoms with Gasteiger partial charge >= 0.3 is 0 Å². The van der Waals surface area contributed by atoms with Crippen molar-refractivity contribution in [1.29, 1.82) is 5.26 Å². The Labute approximate surface area is 204 Å². The highest BCUT2D eigenvalue weighted by atomic mass is 19.3. The lowest BCUT2D eigenvalue weighted by Gasteiger charge is -2.25. The van der Waals surface area contributed by atoms with Crippen molar-refractivity contribution in [3.8, 4) is 6.07 Å². The Morgan fingerprint density at radius 1 is 1.31 bits per heavy atom. The van der Waals surface area contributed by atoms with Crippen LogP contribution >= 0.6 is 0 Å². The summed E-state index contributed by atoms with van der Waals surface area (Å²) in [5, 5.41) is 12.3. The first kappa shape index (κ1) is 24.9. The predicted octanol–water partition coefficient (Wildman–Crippen LogP) is 4.41. The maximum Gasteiger partial charge on any atom is 0.266 e. The number of fused-ring (bicyclic) bond motifs is 1. The number of H-pyrrole nitrogens is 1. The van der Waals surface area contributed by atoms with Gasteiger partial charge in [-0.15, -0.1) is 0 Å². The van der Waals surface area contributed by atoms with E-state index in [1.165, 1.54) is 12.1 Å². The first-order chi connectivity index (χ1) is 17.2. The molecule has 186 valence electrons. The third kappa shape index (κ3) is 4.93. The van der Waals surface area contributed by atoms with E-state index >= 15 is 0 Å². The minimum atomic E-state index is -2.94. The molecule has 36 heavy (non-hydrogen) atoms. The van der Waals surface area contributed by atoms with Crippen molar-refractivity contribution in [2.24, 2.45) is 0 Å². The van der Waals surface area contributed by atoms with Crippen LogP contribution in [0.3, 0.4) is 0 Å². The SMILES string of the molecule is Cc1nc(NC(C)c2cccc(C(F)F)c2F)c2cc(C3=CCN(C(=O)CC#N)CC3)c(=O)[nH]c2n1. The number of hydrogen-bond acceptors (Lipinski definition) is 6. The van der Waals surface area contributed by atoms with Crippen molar-refractivity contribution >= 4 is 28.3 Å². The molecular formula is C25H23F3N6O2. The summed E-state index contributed by atoms with van der Waals surface area (Å²) in [5.74, 6) is -0.593. The molecule has 0 radical (unpaired) electrons. The predicted molar refractivity (Wildman–Crippen MR) is 128 cm³/mol. The first-order valence-electron chi connectivity index (χ1n) is 11.3. The third-order valence-corrected chi connectivity index (χ3v) is 6.07. The van der Waals surface area contributed by atoms with Crippen molar-refractivity contribution in [2.45, 2.75) is 39.2 Å². The maximum absolute atomic E-state index is 14.7. The molecule has 0 saturated carbocycles. The standard InChI is InChI=1S/C25H23F3N6O2/c1-13(16-4-3-5-17(21(16)26)22(27)28)30-23-19-12-18(25(36)33-24(19)32-14(2)31-23)15-7-10-34(11-8-15)20(35)6-9-29/h3-5,7,12-13,22H,6,8,10-11H2,1-2H3,(H2,30,31,32,33,36). The van der Waals surface area contributed by atoms with Crippen molar-refractivity contribution in [1.82, 2.24) is 19.9 Å². The summed E-state index contributed by atoms with van der Waals surface area (Å²) in [6.45, 7) is 3.91. The van der Waals surface area contributed by atoms with E-state index in [1.807, 2.05) is 6.07 Å². The topological polar surface area (TPSA) is 115 Å². The fraction of sp³-hybridized carbons (Fsp3) is 0.320. The highest BCUT2D eigenvalue weighted by Crippen LogP contribution is 2.31. The zero-order valence-electron chi connectivity index (χ0n) is 19.6. The van der Waals surface area contributed by atoms with E-state index in [0.717, 1.165) is 11.6 Å². The number of carbonyl (C=O) groups excluding carboxylic acids is 1. The molecule has 11 heteroatoms. The summed E-state index contributed by atoms with van der Waals surface area (Å²) in [6, 6.07) is 6.60. The number of aryl methyl sites for hydroxylation is 1. The molecule has 1 atom stereocenters. The molecule has 1 aliphatic rings. The van der Waals surface area contributed by atoms with Crippen LogP contribution in [0.1, 0.15) is 54.7 Å². The van der Waals surface area contributed by atoms with Crippen LogP contribution in [-0.2, 0) is 4.79 Å².